The van der Waals surface area contributed by atoms with Crippen LogP contribution in [-0.4, -0.2) is 58.1 Å². The molecule has 2 aromatic carbocycles. The van der Waals surface area contributed by atoms with Crippen LogP contribution in [0.1, 0.15) is 47.3 Å². The zero-order valence-electron chi connectivity index (χ0n) is 21.4. The van der Waals surface area contributed by atoms with Gasteiger partial charge >= 0.3 is 0 Å². The number of aryl methyl sites for hydroxylation is 1. The first-order valence-electron chi connectivity index (χ1n) is 12.7. The van der Waals surface area contributed by atoms with Crippen LogP contribution in [0.4, 0.5) is 5.69 Å². The molecule has 4 rings (SSSR count). The first kappa shape index (κ1) is 26.3. The summed E-state index contributed by atoms with van der Waals surface area (Å²) in [5.74, 6) is 0.0887. The lowest BCUT2D eigenvalue weighted by atomic mass is 9.92. The van der Waals surface area contributed by atoms with Crippen LogP contribution in [0.2, 0.25) is 0 Å². The summed E-state index contributed by atoms with van der Waals surface area (Å²) in [7, 11) is 0. The fourth-order valence-electron chi connectivity index (χ4n) is 4.79. The van der Waals surface area contributed by atoms with Crippen molar-refractivity contribution in [2.75, 3.05) is 24.5 Å². The summed E-state index contributed by atoms with van der Waals surface area (Å²) in [6.07, 6.45) is 3.48. The van der Waals surface area contributed by atoms with Crippen molar-refractivity contribution >= 4 is 17.9 Å². The maximum Gasteiger partial charge on any atom is 0.274 e. The molecule has 1 amide bonds. The Labute approximate surface area is 217 Å². The molecule has 3 N–H and O–H groups in total. The molecule has 0 unspecified atom stereocenters. The minimum atomic E-state index is -0.578. The Morgan fingerprint density at radius 3 is 2.30 bits per heavy atom. The standard InChI is InChI=1S/C29H34N4O4/c1-19(35)17-21-3-5-23(6-4-21)24-7-9-25(10-8-24)33-14-11-22(12-15-33)18-26-31-20(2)28(36)27(32-26)29(37)30-13-16-34/h3-10,16,19,22,35-36H,11-15,17-18H2,1-2H3,(H,30,37)/t19-/m0/s1. The highest BCUT2D eigenvalue weighted by molar-refractivity contribution is 5.95. The molecule has 0 spiro atoms. The number of amides is 1. The Morgan fingerprint density at radius 2 is 1.70 bits per heavy atom. The second kappa shape index (κ2) is 12.0. The van der Waals surface area contributed by atoms with Crippen LogP contribution in [-0.2, 0) is 17.6 Å². The van der Waals surface area contributed by atoms with E-state index in [1.54, 1.807) is 13.8 Å². The van der Waals surface area contributed by atoms with Crippen molar-refractivity contribution in [3.05, 3.63) is 71.3 Å². The molecule has 0 bridgehead atoms. The van der Waals surface area contributed by atoms with Gasteiger partial charge in [-0.1, -0.05) is 36.4 Å². The molecule has 37 heavy (non-hydrogen) atoms. The van der Waals surface area contributed by atoms with Gasteiger partial charge in [0.05, 0.1) is 18.3 Å². The third-order valence-corrected chi connectivity index (χ3v) is 6.80. The van der Waals surface area contributed by atoms with Gasteiger partial charge in [0.15, 0.2) is 11.4 Å². The highest BCUT2D eigenvalue weighted by Crippen LogP contribution is 2.29. The number of anilines is 1. The van der Waals surface area contributed by atoms with Crippen LogP contribution < -0.4 is 10.2 Å². The number of carbonyl (C=O) groups excluding carboxylic acids is 2. The van der Waals surface area contributed by atoms with Crippen molar-refractivity contribution in [2.24, 2.45) is 5.92 Å². The summed E-state index contributed by atoms with van der Waals surface area (Å²) in [5.41, 5.74) is 4.91. The number of rotatable bonds is 9. The van der Waals surface area contributed by atoms with E-state index < -0.39 is 5.91 Å². The Hall–Kier alpha value is -3.78. The lowest BCUT2D eigenvalue weighted by Crippen LogP contribution is -2.34. The van der Waals surface area contributed by atoms with E-state index >= 15 is 0 Å². The average Bonchev–Trinajstić information content (AvgIpc) is 2.90. The number of hydrogen-bond acceptors (Lipinski definition) is 7. The normalized spacial score (nSPS) is 14.8. The molecule has 1 fully saturated rings. The number of carbonyl (C=O) groups is 2. The van der Waals surface area contributed by atoms with E-state index in [1.807, 2.05) is 0 Å². The van der Waals surface area contributed by atoms with Gasteiger partial charge in [0.2, 0.25) is 0 Å². The third kappa shape index (κ3) is 6.71. The van der Waals surface area contributed by atoms with E-state index in [4.69, 9.17) is 0 Å². The van der Waals surface area contributed by atoms with Crippen molar-refractivity contribution in [3.8, 4) is 16.9 Å². The van der Waals surface area contributed by atoms with E-state index in [-0.39, 0.29) is 24.1 Å². The van der Waals surface area contributed by atoms with Gasteiger partial charge in [0.25, 0.3) is 5.91 Å². The number of aromatic nitrogens is 2. The highest BCUT2D eigenvalue weighted by Gasteiger charge is 2.23. The largest absolute Gasteiger partial charge is 0.504 e. The molecule has 3 aromatic rings. The van der Waals surface area contributed by atoms with Gasteiger partial charge < -0.3 is 25.2 Å². The van der Waals surface area contributed by atoms with Gasteiger partial charge in [-0.2, -0.15) is 0 Å². The number of piperidine rings is 1. The molecule has 1 aromatic heterocycles. The van der Waals surface area contributed by atoms with E-state index in [0.29, 0.717) is 36.6 Å². The number of hydrogen-bond donors (Lipinski definition) is 3. The van der Waals surface area contributed by atoms with Crippen LogP contribution in [0, 0.1) is 12.8 Å². The van der Waals surface area contributed by atoms with Crippen LogP contribution >= 0.6 is 0 Å². The maximum absolute atomic E-state index is 12.3. The summed E-state index contributed by atoms with van der Waals surface area (Å²) in [5, 5.41) is 22.2. The summed E-state index contributed by atoms with van der Waals surface area (Å²) in [4.78, 5) is 33.9. The molecular weight excluding hydrogens is 468 g/mol. The van der Waals surface area contributed by atoms with E-state index in [1.165, 1.54) is 5.69 Å². The zero-order chi connectivity index (χ0) is 26.4. The van der Waals surface area contributed by atoms with Crippen LogP contribution in [0.3, 0.4) is 0 Å². The van der Waals surface area contributed by atoms with Gasteiger partial charge in [-0.05, 0) is 67.9 Å². The van der Waals surface area contributed by atoms with Crippen molar-refractivity contribution in [2.45, 2.75) is 45.6 Å². The molecule has 0 aliphatic carbocycles. The van der Waals surface area contributed by atoms with Crippen LogP contribution in [0.5, 0.6) is 5.75 Å². The van der Waals surface area contributed by atoms with Gasteiger partial charge in [0, 0.05) is 25.2 Å². The van der Waals surface area contributed by atoms with Crippen molar-refractivity contribution in [3.63, 3.8) is 0 Å². The lowest BCUT2D eigenvalue weighted by molar-refractivity contribution is -0.107. The fourth-order valence-corrected chi connectivity index (χ4v) is 4.79. The SMILES string of the molecule is Cc1nc(CC2CCN(c3ccc(-c4ccc(C[C@H](C)O)cc4)cc3)CC2)nc(C(=O)NCC=O)c1O. The smallest absolute Gasteiger partial charge is 0.274 e. The summed E-state index contributed by atoms with van der Waals surface area (Å²) in [6.45, 7) is 5.15. The zero-order valence-corrected chi connectivity index (χ0v) is 21.4. The monoisotopic (exact) mass is 502 g/mol. The molecule has 8 heteroatoms. The molecule has 0 radical (unpaired) electrons. The van der Waals surface area contributed by atoms with Gasteiger partial charge in [-0.25, -0.2) is 9.97 Å². The Bertz CT molecular complexity index is 1220. The number of nitrogens with one attached hydrogen (secondary N) is 1. The Kier molecular flexibility index (Phi) is 8.50. The van der Waals surface area contributed by atoms with E-state index in [2.05, 4.69) is 68.7 Å². The number of nitrogens with zero attached hydrogens (tertiary/aromatic N) is 3. The summed E-state index contributed by atoms with van der Waals surface area (Å²) >= 11 is 0. The van der Waals surface area contributed by atoms with Gasteiger partial charge in [-0.15, -0.1) is 0 Å². The number of benzene rings is 2. The molecule has 194 valence electrons. The molecule has 0 saturated carbocycles. The second-order valence-corrected chi connectivity index (χ2v) is 9.73. The molecule has 8 nitrogen and oxygen atoms in total. The molecule has 2 heterocycles. The van der Waals surface area contributed by atoms with Gasteiger partial charge in [-0.3, -0.25) is 4.79 Å². The fraction of sp³-hybridized carbons (Fsp3) is 0.379. The Morgan fingerprint density at radius 1 is 1.08 bits per heavy atom. The van der Waals surface area contributed by atoms with Crippen molar-refractivity contribution in [1.29, 1.82) is 0 Å². The Balaban J connectivity index is 1.34. The van der Waals surface area contributed by atoms with Crippen molar-refractivity contribution < 1.29 is 19.8 Å². The minimum absolute atomic E-state index is 0.0838. The maximum atomic E-state index is 12.3. The van der Waals surface area contributed by atoms with Gasteiger partial charge in [0.1, 0.15) is 12.1 Å². The van der Waals surface area contributed by atoms with E-state index in [9.17, 15) is 19.8 Å². The second-order valence-electron chi connectivity index (χ2n) is 9.73. The van der Waals surface area contributed by atoms with Crippen LogP contribution in [0.25, 0.3) is 11.1 Å². The van der Waals surface area contributed by atoms with Crippen molar-refractivity contribution in [1.82, 2.24) is 15.3 Å². The third-order valence-electron chi connectivity index (χ3n) is 6.80. The number of aliphatic hydroxyl groups excluding tert-OH is 1. The first-order valence-corrected chi connectivity index (χ1v) is 12.7. The molecular formula is C29H34N4O4. The quantitative estimate of drug-likeness (QED) is 0.384. The molecule has 1 saturated heterocycles. The molecule has 1 aliphatic heterocycles. The number of aromatic hydroxyl groups is 1. The van der Waals surface area contributed by atoms with E-state index in [0.717, 1.165) is 42.6 Å². The predicted octanol–water partition coefficient (Wildman–Crippen LogP) is 3.47. The molecule has 1 atom stereocenters. The molecule has 1 aliphatic rings. The van der Waals surface area contributed by atoms with Crippen LogP contribution in [0.15, 0.2) is 48.5 Å². The number of aliphatic hydroxyl groups is 1. The predicted molar refractivity (Wildman–Crippen MR) is 143 cm³/mol. The lowest BCUT2D eigenvalue weighted by Gasteiger charge is -2.33. The summed E-state index contributed by atoms with van der Waals surface area (Å²) in [6, 6.07) is 17.0. The average molecular weight is 503 g/mol. The number of aldehydes is 1. The minimum Gasteiger partial charge on any atom is -0.504 e. The summed E-state index contributed by atoms with van der Waals surface area (Å²) < 4.78 is 0. The topological polar surface area (TPSA) is 116 Å². The first-order chi connectivity index (χ1) is 17.8. The highest BCUT2D eigenvalue weighted by atomic mass is 16.3.